The molecule has 1 N–H and O–H groups in total. The van der Waals surface area contributed by atoms with Crippen LogP contribution in [0.2, 0.25) is 0 Å². The summed E-state index contributed by atoms with van der Waals surface area (Å²) in [5.74, 6) is -0.348. The summed E-state index contributed by atoms with van der Waals surface area (Å²) in [5, 5.41) is 2.27. The second kappa shape index (κ2) is 5.77. The van der Waals surface area contributed by atoms with Crippen LogP contribution in [-0.2, 0) is 0 Å². The number of benzene rings is 2. The molecular formula is C14H10FNO3. The molecule has 0 aliphatic rings. The Morgan fingerprint density at radius 2 is 1.95 bits per heavy atom. The average Bonchev–Trinajstić information content (AvgIpc) is 2.41. The fourth-order valence-electron chi connectivity index (χ4n) is 1.46. The van der Waals surface area contributed by atoms with Crippen LogP contribution in [0.5, 0.6) is 5.75 Å². The summed E-state index contributed by atoms with van der Waals surface area (Å²) in [4.78, 5) is 22.1. The lowest BCUT2D eigenvalue weighted by atomic mass is 10.2. The molecule has 0 aromatic heterocycles. The first-order valence-electron chi connectivity index (χ1n) is 5.47. The van der Waals surface area contributed by atoms with Gasteiger partial charge in [0.15, 0.2) is 0 Å². The molecule has 5 heteroatoms. The second-order valence-electron chi connectivity index (χ2n) is 3.68. The van der Waals surface area contributed by atoms with E-state index in [1.54, 1.807) is 18.2 Å². The van der Waals surface area contributed by atoms with E-state index >= 15 is 0 Å². The van der Waals surface area contributed by atoms with E-state index in [9.17, 15) is 14.0 Å². The van der Waals surface area contributed by atoms with Gasteiger partial charge in [-0.2, -0.15) is 0 Å². The minimum atomic E-state index is -0.826. The predicted molar refractivity (Wildman–Crippen MR) is 67.9 cm³/mol. The lowest BCUT2D eigenvalue weighted by Gasteiger charge is -2.07. The summed E-state index contributed by atoms with van der Waals surface area (Å²) in [6.07, 6.45) is -0.185. The van der Waals surface area contributed by atoms with E-state index in [-0.39, 0.29) is 11.4 Å². The Balaban J connectivity index is 2.05. The Morgan fingerprint density at radius 1 is 1.16 bits per heavy atom. The maximum absolute atomic E-state index is 13.3. The van der Waals surface area contributed by atoms with Gasteiger partial charge in [-0.3, -0.25) is 10.1 Å². The molecule has 0 radical (unpaired) electrons. The van der Waals surface area contributed by atoms with Crippen molar-refractivity contribution in [2.45, 2.75) is 0 Å². The largest absolute Gasteiger partial charge is 0.417 e. The Bertz CT molecular complexity index is 613. The number of carbonyl (C=O) groups excluding carboxylic acids is 2. The van der Waals surface area contributed by atoms with Gasteiger partial charge in [0.25, 0.3) is 0 Å². The number of anilines is 1. The number of amides is 1. The summed E-state index contributed by atoms with van der Waals surface area (Å²) >= 11 is 0. The molecule has 0 unspecified atom stereocenters. The molecule has 0 atom stereocenters. The molecule has 0 spiro atoms. The van der Waals surface area contributed by atoms with E-state index in [4.69, 9.17) is 4.74 Å². The van der Waals surface area contributed by atoms with E-state index in [2.05, 4.69) is 5.32 Å². The average molecular weight is 259 g/mol. The SMILES string of the molecule is O=Cc1cccc(OC(=O)Nc2ccccc2F)c1. The molecule has 19 heavy (non-hydrogen) atoms. The first kappa shape index (κ1) is 12.8. The molecule has 0 fully saturated rings. The van der Waals surface area contributed by atoms with Crippen molar-refractivity contribution in [3.8, 4) is 5.75 Å². The molecule has 0 bridgehead atoms. The number of nitrogens with one attached hydrogen (secondary N) is 1. The third-order valence-electron chi connectivity index (χ3n) is 2.32. The molecule has 0 aliphatic heterocycles. The number of ether oxygens (including phenoxy) is 1. The van der Waals surface area contributed by atoms with Crippen LogP contribution in [0.3, 0.4) is 0 Å². The summed E-state index contributed by atoms with van der Waals surface area (Å²) < 4.78 is 18.2. The van der Waals surface area contributed by atoms with Crippen LogP contribution in [0, 0.1) is 5.82 Å². The van der Waals surface area contributed by atoms with Gasteiger partial charge in [-0.15, -0.1) is 0 Å². The number of halogens is 1. The van der Waals surface area contributed by atoms with Crippen LogP contribution in [0.15, 0.2) is 48.5 Å². The van der Waals surface area contributed by atoms with Gasteiger partial charge < -0.3 is 4.74 Å². The topological polar surface area (TPSA) is 55.4 Å². The van der Waals surface area contributed by atoms with Crippen LogP contribution in [0.1, 0.15) is 10.4 Å². The van der Waals surface area contributed by atoms with Gasteiger partial charge in [0.1, 0.15) is 17.9 Å². The molecule has 4 nitrogen and oxygen atoms in total. The zero-order valence-electron chi connectivity index (χ0n) is 9.80. The molecule has 0 saturated heterocycles. The number of aldehydes is 1. The summed E-state index contributed by atoms with van der Waals surface area (Å²) in [7, 11) is 0. The lowest BCUT2D eigenvalue weighted by molar-refractivity contribution is 0.112. The highest BCUT2D eigenvalue weighted by Gasteiger charge is 2.08. The fourth-order valence-corrected chi connectivity index (χ4v) is 1.46. The smallest absolute Gasteiger partial charge is 0.410 e. The highest BCUT2D eigenvalue weighted by molar-refractivity contribution is 5.86. The zero-order valence-corrected chi connectivity index (χ0v) is 9.80. The molecule has 2 rings (SSSR count). The van der Waals surface area contributed by atoms with E-state index < -0.39 is 11.9 Å². The number of carbonyl (C=O) groups is 2. The minimum absolute atomic E-state index is 0.0269. The van der Waals surface area contributed by atoms with Crippen molar-refractivity contribution < 1.29 is 18.7 Å². The van der Waals surface area contributed by atoms with Gasteiger partial charge in [-0.1, -0.05) is 24.3 Å². The molecular weight excluding hydrogens is 249 g/mol. The second-order valence-corrected chi connectivity index (χ2v) is 3.68. The van der Waals surface area contributed by atoms with Gasteiger partial charge >= 0.3 is 6.09 Å². The van der Waals surface area contributed by atoms with Gasteiger partial charge in [0.05, 0.1) is 5.69 Å². The van der Waals surface area contributed by atoms with Crippen molar-refractivity contribution in [1.29, 1.82) is 0 Å². The van der Waals surface area contributed by atoms with E-state index in [0.29, 0.717) is 11.8 Å². The summed E-state index contributed by atoms with van der Waals surface area (Å²) in [6, 6.07) is 11.8. The number of hydrogen-bond donors (Lipinski definition) is 1. The van der Waals surface area contributed by atoms with E-state index in [1.807, 2.05) is 0 Å². The van der Waals surface area contributed by atoms with Crippen molar-refractivity contribution in [1.82, 2.24) is 0 Å². The van der Waals surface area contributed by atoms with Gasteiger partial charge in [-0.25, -0.2) is 9.18 Å². The molecule has 2 aromatic carbocycles. The Hall–Kier alpha value is -2.69. The fraction of sp³-hybridized carbons (Fsp3) is 0. The molecule has 0 saturated carbocycles. The van der Waals surface area contributed by atoms with E-state index in [1.165, 1.54) is 30.3 Å². The van der Waals surface area contributed by atoms with Gasteiger partial charge in [0.2, 0.25) is 0 Å². The molecule has 0 heterocycles. The summed E-state index contributed by atoms with van der Waals surface area (Å²) in [6.45, 7) is 0. The minimum Gasteiger partial charge on any atom is -0.410 e. The Labute approximate surface area is 108 Å². The lowest BCUT2D eigenvalue weighted by Crippen LogP contribution is -2.17. The van der Waals surface area contributed by atoms with Crippen LogP contribution >= 0.6 is 0 Å². The van der Waals surface area contributed by atoms with Crippen LogP contribution in [-0.4, -0.2) is 12.4 Å². The molecule has 96 valence electrons. The molecule has 2 aromatic rings. The maximum Gasteiger partial charge on any atom is 0.417 e. The van der Waals surface area contributed by atoms with Crippen molar-refractivity contribution in [3.63, 3.8) is 0 Å². The zero-order chi connectivity index (χ0) is 13.7. The number of rotatable bonds is 3. The third kappa shape index (κ3) is 3.38. The van der Waals surface area contributed by atoms with Crippen LogP contribution in [0.25, 0.3) is 0 Å². The number of para-hydroxylation sites is 1. The number of hydrogen-bond acceptors (Lipinski definition) is 3. The van der Waals surface area contributed by atoms with Crippen molar-refractivity contribution in [2.75, 3.05) is 5.32 Å². The van der Waals surface area contributed by atoms with Crippen LogP contribution < -0.4 is 10.1 Å². The third-order valence-corrected chi connectivity index (χ3v) is 2.32. The quantitative estimate of drug-likeness (QED) is 0.861. The normalized spacial score (nSPS) is 9.74. The predicted octanol–water partition coefficient (Wildman–Crippen LogP) is 3.25. The van der Waals surface area contributed by atoms with Crippen molar-refractivity contribution >= 4 is 18.1 Å². The highest BCUT2D eigenvalue weighted by Crippen LogP contribution is 2.15. The first-order chi connectivity index (χ1) is 9.19. The highest BCUT2D eigenvalue weighted by atomic mass is 19.1. The summed E-state index contributed by atoms with van der Waals surface area (Å²) in [5.41, 5.74) is 0.412. The van der Waals surface area contributed by atoms with Crippen molar-refractivity contribution in [2.24, 2.45) is 0 Å². The molecule has 0 aliphatic carbocycles. The molecule has 1 amide bonds. The van der Waals surface area contributed by atoms with Gasteiger partial charge in [-0.05, 0) is 24.3 Å². The Morgan fingerprint density at radius 3 is 2.68 bits per heavy atom. The van der Waals surface area contributed by atoms with Gasteiger partial charge in [0, 0.05) is 5.56 Å². The van der Waals surface area contributed by atoms with E-state index in [0.717, 1.165) is 0 Å². The Kier molecular flexibility index (Phi) is 3.87. The van der Waals surface area contributed by atoms with Crippen molar-refractivity contribution in [3.05, 3.63) is 59.9 Å². The maximum atomic E-state index is 13.3. The van der Waals surface area contributed by atoms with Crippen LogP contribution in [0.4, 0.5) is 14.9 Å². The first-order valence-corrected chi connectivity index (χ1v) is 5.47. The standard InChI is InChI=1S/C14H10FNO3/c15-12-6-1-2-7-13(12)16-14(18)19-11-5-3-4-10(8-11)9-17/h1-9H,(H,16,18). The monoisotopic (exact) mass is 259 g/mol.